The highest BCUT2D eigenvalue weighted by molar-refractivity contribution is 6.62. The normalized spacial score (nSPS) is 9.35. The molecule has 1 aromatic rings. The maximum Gasteiger partial charge on any atom is 0.364 e. The number of rotatable bonds is 4. The maximum atomic E-state index is 11.4. The van der Waals surface area contributed by atoms with E-state index in [9.17, 15) is 14.4 Å². The van der Waals surface area contributed by atoms with E-state index in [1.54, 1.807) is 0 Å². The molecule has 0 aromatic heterocycles. The van der Waals surface area contributed by atoms with E-state index >= 15 is 0 Å². The van der Waals surface area contributed by atoms with Crippen molar-refractivity contribution in [1.82, 2.24) is 0 Å². The van der Waals surface area contributed by atoms with Crippen LogP contribution in [0.4, 0.5) is 5.69 Å². The monoisotopic (exact) mass is 279 g/mol. The number of ether oxygens (including phenoxy) is 3. The summed E-state index contributed by atoms with van der Waals surface area (Å²) in [6.45, 7) is 0. The van der Waals surface area contributed by atoms with Crippen molar-refractivity contribution in [3.05, 3.63) is 29.8 Å². The second-order valence-electron chi connectivity index (χ2n) is 3.48. The van der Waals surface area contributed by atoms with Crippen molar-refractivity contribution in [2.45, 2.75) is 0 Å². The van der Waals surface area contributed by atoms with Crippen molar-refractivity contribution in [3.63, 3.8) is 0 Å². The van der Waals surface area contributed by atoms with Gasteiger partial charge in [0, 0.05) is 0 Å². The molecule has 0 spiro atoms. The topological polar surface area (TPSA) is 91.3 Å². The SMILES string of the molecule is COC(=O)C(=Nc1ccc(C(=O)OC)cc1)C(=O)OC. The van der Waals surface area contributed by atoms with Crippen molar-refractivity contribution in [1.29, 1.82) is 0 Å². The number of aliphatic imine (C=N–C) groups is 1. The van der Waals surface area contributed by atoms with Gasteiger partial charge in [-0.1, -0.05) is 0 Å². The van der Waals surface area contributed by atoms with Crippen LogP contribution in [0.25, 0.3) is 0 Å². The van der Waals surface area contributed by atoms with Gasteiger partial charge < -0.3 is 14.2 Å². The number of carbonyl (C=O) groups excluding carboxylic acids is 3. The maximum absolute atomic E-state index is 11.4. The highest BCUT2D eigenvalue weighted by Gasteiger charge is 2.22. The second kappa shape index (κ2) is 7.03. The fraction of sp³-hybridized carbons (Fsp3) is 0.231. The van der Waals surface area contributed by atoms with Crippen molar-refractivity contribution in [3.8, 4) is 0 Å². The lowest BCUT2D eigenvalue weighted by Gasteiger charge is -2.03. The summed E-state index contributed by atoms with van der Waals surface area (Å²) >= 11 is 0. The van der Waals surface area contributed by atoms with E-state index in [1.165, 1.54) is 31.4 Å². The minimum atomic E-state index is -0.908. The zero-order valence-corrected chi connectivity index (χ0v) is 11.2. The third-order valence-electron chi connectivity index (χ3n) is 2.29. The molecule has 7 nitrogen and oxygen atoms in total. The fourth-order valence-electron chi connectivity index (χ4n) is 1.29. The lowest BCUT2D eigenvalue weighted by molar-refractivity contribution is -0.138. The Morgan fingerprint density at radius 1 is 0.850 bits per heavy atom. The highest BCUT2D eigenvalue weighted by atomic mass is 16.5. The van der Waals surface area contributed by atoms with E-state index in [0.717, 1.165) is 14.2 Å². The zero-order valence-electron chi connectivity index (χ0n) is 11.2. The Morgan fingerprint density at radius 2 is 1.35 bits per heavy atom. The average molecular weight is 279 g/mol. The quantitative estimate of drug-likeness (QED) is 0.352. The van der Waals surface area contributed by atoms with Gasteiger partial charge in [0.2, 0.25) is 5.71 Å². The molecular weight excluding hydrogens is 266 g/mol. The number of benzene rings is 1. The van der Waals surface area contributed by atoms with E-state index in [0.29, 0.717) is 11.3 Å². The molecule has 0 aliphatic carbocycles. The first-order chi connectivity index (χ1) is 9.53. The Hall–Kier alpha value is -2.70. The molecule has 20 heavy (non-hydrogen) atoms. The predicted molar refractivity (Wildman–Crippen MR) is 68.9 cm³/mol. The Bertz CT molecular complexity index is 528. The van der Waals surface area contributed by atoms with Crippen LogP contribution in [-0.2, 0) is 23.8 Å². The number of esters is 3. The zero-order chi connectivity index (χ0) is 15.1. The number of carbonyl (C=O) groups is 3. The van der Waals surface area contributed by atoms with Crippen molar-refractivity contribution in [2.24, 2.45) is 4.99 Å². The van der Waals surface area contributed by atoms with Crippen LogP contribution in [0.3, 0.4) is 0 Å². The molecule has 0 amide bonds. The molecule has 1 aromatic carbocycles. The van der Waals surface area contributed by atoms with Crippen LogP contribution >= 0.6 is 0 Å². The largest absolute Gasteiger partial charge is 0.465 e. The first-order valence-electron chi connectivity index (χ1n) is 5.47. The van der Waals surface area contributed by atoms with Gasteiger partial charge in [0.25, 0.3) is 0 Å². The second-order valence-corrected chi connectivity index (χ2v) is 3.48. The summed E-state index contributed by atoms with van der Waals surface area (Å²) in [5.41, 5.74) is 0.133. The first kappa shape index (κ1) is 15.4. The van der Waals surface area contributed by atoms with E-state index in [2.05, 4.69) is 19.2 Å². The Morgan fingerprint density at radius 3 is 1.75 bits per heavy atom. The molecule has 0 radical (unpaired) electrons. The van der Waals surface area contributed by atoms with E-state index < -0.39 is 23.6 Å². The number of nitrogens with zero attached hydrogens (tertiary/aromatic N) is 1. The van der Waals surface area contributed by atoms with E-state index in [-0.39, 0.29) is 0 Å². The van der Waals surface area contributed by atoms with Gasteiger partial charge in [-0.25, -0.2) is 19.4 Å². The summed E-state index contributed by atoms with van der Waals surface area (Å²) in [6.07, 6.45) is 0. The molecule has 0 heterocycles. The third kappa shape index (κ3) is 3.64. The Labute approximate surface area is 115 Å². The summed E-state index contributed by atoms with van der Waals surface area (Å²) in [5.74, 6) is -2.32. The Kier molecular flexibility index (Phi) is 5.40. The van der Waals surface area contributed by atoms with Crippen LogP contribution in [0.15, 0.2) is 29.3 Å². The van der Waals surface area contributed by atoms with Crippen LogP contribution < -0.4 is 0 Å². The third-order valence-corrected chi connectivity index (χ3v) is 2.29. The average Bonchev–Trinajstić information content (AvgIpc) is 2.50. The minimum Gasteiger partial charge on any atom is -0.465 e. The standard InChI is InChI=1S/C13H13NO6/c1-18-11(15)8-4-6-9(7-5-8)14-10(12(16)19-2)13(17)20-3/h4-7H,1-3H3. The molecule has 0 saturated carbocycles. The van der Waals surface area contributed by atoms with Gasteiger partial charge in [-0.15, -0.1) is 0 Å². The van der Waals surface area contributed by atoms with Gasteiger partial charge in [0.05, 0.1) is 32.6 Å². The van der Waals surface area contributed by atoms with Gasteiger partial charge in [-0.2, -0.15) is 0 Å². The van der Waals surface area contributed by atoms with Gasteiger partial charge in [-0.05, 0) is 24.3 Å². The number of hydrogen-bond acceptors (Lipinski definition) is 7. The van der Waals surface area contributed by atoms with Crippen molar-refractivity contribution < 1.29 is 28.6 Å². The molecule has 0 aliphatic rings. The smallest absolute Gasteiger partial charge is 0.364 e. The summed E-state index contributed by atoms with van der Waals surface area (Å²) in [4.78, 5) is 37.9. The van der Waals surface area contributed by atoms with Crippen LogP contribution in [0.5, 0.6) is 0 Å². The van der Waals surface area contributed by atoms with Crippen LogP contribution in [-0.4, -0.2) is 44.9 Å². The van der Waals surface area contributed by atoms with Gasteiger partial charge in [0.1, 0.15) is 0 Å². The molecule has 0 saturated heterocycles. The van der Waals surface area contributed by atoms with Crippen molar-refractivity contribution >= 4 is 29.3 Å². The van der Waals surface area contributed by atoms with Gasteiger partial charge >= 0.3 is 17.9 Å². The minimum absolute atomic E-state index is 0.295. The lowest BCUT2D eigenvalue weighted by Crippen LogP contribution is -2.26. The predicted octanol–water partition coefficient (Wildman–Crippen LogP) is 0.892. The fourth-order valence-corrected chi connectivity index (χ4v) is 1.29. The highest BCUT2D eigenvalue weighted by Crippen LogP contribution is 2.14. The van der Waals surface area contributed by atoms with Crippen molar-refractivity contribution in [2.75, 3.05) is 21.3 Å². The molecule has 7 heteroatoms. The summed E-state index contributed by atoms with van der Waals surface area (Å²) in [6, 6.07) is 5.82. The molecule has 0 aliphatic heterocycles. The van der Waals surface area contributed by atoms with Crippen LogP contribution in [0.1, 0.15) is 10.4 Å². The lowest BCUT2D eigenvalue weighted by atomic mass is 10.2. The summed E-state index contributed by atoms with van der Waals surface area (Å²) in [7, 11) is 3.52. The number of methoxy groups -OCH3 is 3. The molecule has 0 atom stereocenters. The van der Waals surface area contributed by atoms with Crippen LogP contribution in [0.2, 0.25) is 0 Å². The number of hydrogen-bond donors (Lipinski definition) is 0. The summed E-state index contributed by atoms with van der Waals surface area (Å²) in [5, 5.41) is 0. The molecule has 106 valence electrons. The van der Waals surface area contributed by atoms with Gasteiger partial charge in [0.15, 0.2) is 0 Å². The van der Waals surface area contributed by atoms with Gasteiger partial charge in [-0.3, -0.25) is 0 Å². The molecule has 0 bridgehead atoms. The molecule has 0 unspecified atom stereocenters. The summed E-state index contributed by atoms with van der Waals surface area (Å²) < 4.78 is 13.4. The molecule has 0 fully saturated rings. The Balaban J connectivity index is 3.08. The van der Waals surface area contributed by atoms with Crippen LogP contribution in [0, 0.1) is 0 Å². The van der Waals surface area contributed by atoms with E-state index in [1.807, 2.05) is 0 Å². The van der Waals surface area contributed by atoms with E-state index in [4.69, 9.17) is 0 Å². The molecule has 1 rings (SSSR count). The molecule has 0 N–H and O–H groups in total. The molecular formula is C13H13NO6. The first-order valence-corrected chi connectivity index (χ1v) is 5.47.